The van der Waals surface area contributed by atoms with Gasteiger partial charge in [0, 0.05) is 4.92 Å². The first kappa shape index (κ1) is 17.4. The van der Waals surface area contributed by atoms with Crippen molar-refractivity contribution in [2.45, 2.75) is 11.6 Å². The summed E-state index contributed by atoms with van der Waals surface area (Å²) < 4.78 is 34.2. The molecule has 1 heterocycles. The molecule has 0 aliphatic carbocycles. The van der Waals surface area contributed by atoms with E-state index in [-0.39, 0.29) is 18.1 Å². The summed E-state index contributed by atoms with van der Waals surface area (Å²) in [5.41, 5.74) is -3.39. The molecule has 0 spiro atoms. The molecular weight excluding hydrogens is 329 g/mol. The maximum absolute atomic E-state index is 15.3. The van der Waals surface area contributed by atoms with E-state index in [0.29, 0.717) is 5.75 Å². The molecule has 130 valence electrons. The molecule has 10 heteroatoms. The average molecular weight is 343 g/mol. The molecule has 0 N–H and O–H groups in total. The molecule has 1 atom stereocenters. The Kier molecular flexibility index (Phi) is 4.86. The third kappa shape index (κ3) is 2.94. The van der Waals surface area contributed by atoms with Gasteiger partial charge in [-0.3, -0.25) is 10.1 Å². The van der Waals surface area contributed by atoms with Crippen LogP contribution >= 0.6 is 0 Å². The summed E-state index contributed by atoms with van der Waals surface area (Å²) in [5, 5.41) is 11.0. The summed E-state index contributed by atoms with van der Waals surface area (Å²) in [4.78, 5) is 33.9. The van der Waals surface area contributed by atoms with Crippen LogP contribution < -0.4 is 9.47 Å². The molecule has 1 aromatic carbocycles. The zero-order chi connectivity index (χ0) is 17.9. The number of nitro groups is 1. The molecule has 1 aliphatic heterocycles. The van der Waals surface area contributed by atoms with Crippen molar-refractivity contribution in [1.82, 2.24) is 0 Å². The summed E-state index contributed by atoms with van der Waals surface area (Å²) in [6, 6.07) is 3.98. The van der Waals surface area contributed by atoms with Gasteiger partial charge in [-0.05, 0) is 17.7 Å². The molecule has 0 saturated heterocycles. The van der Waals surface area contributed by atoms with Gasteiger partial charge in [0.05, 0.1) is 14.2 Å². The van der Waals surface area contributed by atoms with E-state index in [9.17, 15) is 19.7 Å². The highest BCUT2D eigenvalue weighted by molar-refractivity contribution is 6.04. The fraction of sp³-hybridized carbons (Fsp3) is 0.429. The topological polar surface area (TPSA) is 114 Å². The second-order valence-corrected chi connectivity index (χ2v) is 4.88. The number of hydrogen-bond acceptors (Lipinski definition) is 8. The van der Waals surface area contributed by atoms with Crippen LogP contribution in [0.15, 0.2) is 18.2 Å². The number of nitrogens with zero attached hydrogens (tertiary/aromatic N) is 1. The van der Waals surface area contributed by atoms with Crippen molar-refractivity contribution < 1.29 is 37.9 Å². The minimum atomic E-state index is -3.38. The van der Waals surface area contributed by atoms with Crippen LogP contribution in [0.1, 0.15) is 11.5 Å². The summed E-state index contributed by atoms with van der Waals surface area (Å²) in [6.45, 7) is -1.10. The molecule has 0 saturated carbocycles. The second kappa shape index (κ2) is 6.69. The van der Waals surface area contributed by atoms with Crippen LogP contribution in [0.4, 0.5) is 4.39 Å². The molecule has 0 aromatic heterocycles. The lowest BCUT2D eigenvalue weighted by Crippen LogP contribution is -2.51. The van der Waals surface area contributed by atoms with Gasteiger partial charge >= 0.3 is 17.6 Å². The molecule has 1 aliphatic rings. The molecule has 9 nitrogen and oxygen atoms in total. The first-order chi connectivity index (χ1) is 11.3. The van der Waals surface area contributed by atoms with Crippen molar-refractivity contribution in [3.05, 3.63) is 33.9 Å². The Bertz CT molecular complexity index is 661. The Balaban J connectivity index is 2.55. The Labute approximate surface area is 135 Å². The van der Waals surface area contributed by atoms with Crippen molar-refractivity contribution >= 4 is 11.9 Å². The van der Waals surface area contributed by atoms with E-state index in [1.165, 1.54) is 18.2 Å². The van der Waals surface area contributed by atoms with Gasteiger partial charge in [0.2, 0.25) is 13.3 Å². The van der Waals surface area contributed by atoms with Crippen LogP contribution in [-0.4, -0.2) is 50.1 Å². The van der Waals surface area contributed by atoms with Crippen LogP contribution in [0.25, 0.3) is 0 Å². The molecule has 24 heavy (non-hydrogen) atoms. The number of benzene rings is 1. The van der Waals surface area contributed by atoms with Gasteiger partial charge < -0.3 is 18.9 Å². The van der Waals surface area contributed by atoms with Gasteiger partial charge in [-0.15, -0.1) is 0 Å². The SMILES string of the molecule is COC(=O)C(F)(C(=O)OC)[C@H](C[N+](=O)[O-])c1ccc2c(c1)OCO2. The van der Waals surface area contributed by atoms with Crippen molar-refractivity contribution in [3.63, 3.8) is 0 Å². The van der Waals surface area contributed by atoms with Crippen LogP contribution in [-0.2, 0) is 19.1 Å². The maximum Gasteiger partial charge on any atom is 0.356 e. The predicted molar refractivity (Wildman–Crippen MR) is 75.0 cm³/mol. The van der Waals surface area contributed by atoms with Crippen LogP contribution in [0, 0.1) is 10.1 Å². The van der Waals surface area contributed by atoms with E-state index in [1.807, 2.05) is 0 Å². The minimum Gasteiger partial charge on any atom is -0.466 e. The van der Waals surface area contributed by atoms with E-state index < -0.39 is 35.0 Å². The Morgan fingerprint density at radius 2 is 1.88 bits per heavy atom. The van der Waals surface area contributed by atoms with Crippen LogP contribution in [0.5, 0.6) is 11.5 Å². The van der Waals surface area contributed by atoms with E-state index in [0.717, 1.165) is 14.2 Å². The standard InChI is InChI=1S/C14H14FNO8/c1-21-12(17)14(15,13(18)22-2)9(6-16(19)20)8-3-4-10-11(5-8)24-7-23-10/h3-5,9H,6-7H2,1-2H3/t9-/m1/s1. The van der Waals surface area contributed by atoms with E-state index in [1.54, 1.807) is 0 Å². The maximum atomic E-state index is 15.3. The number of carbonyl (C=O) groups excluding carboxylic acids is 2. The van der Waals surface area contributed by atoms with Crippen molar-refractivity contribution in [2.24, 2.45) is 0 Å². The molecule has 2 rings (SSSR count). The molecule has 0 fully saturated rings. The fourth-order valence-corrected chi connectivity index (χ4v) is 2.40. The number of carbonyl (C=O) groups is 2. The second-order valence-electron chi connectivity index (χ2n) is 4.88. The highest BCUT2D eigenvalue weighted by Gasteiger charge is 2.58. The molecule has 0 bridgehead atoms. The highest BCUT2D eigenvalue weighted by Crippen LogP contribution is 2.40. The average Bonchev–Trinajstić information content (AvgIpc) is 3.04. The number of rotatable bonds is 6. The monoisotopic (exact) mass is 343 g/mol. The number of alkyl halides is 1. The number of hydrogen-bond donors (Lipinski definition) is 0. The Morgan fingerprint density at radius 1 is 1.29 bits per heavy atom. The molecule has 1 aromatic rings. The fourth-order valence-electron chi connectivity index (χ4n) is 2.40. The first-order valence-electron chi connectivity index (χ1n) is 6.71. The lowest BCUT2D eigenvalue weighted by molar-refractivity contribution is -0.485. The molecule has 0 radical (unpaired) electrons. The van der Waals surface area contributed by atoms with Gasteiger partial charge in [-0.25, -0.2) is 14.0 Å². The number of ether oxygens (including phenoxy) is 4. The summed E-state index contributed by atoms with van der Waals surface area (Å²) in [5.74, 6) is -4.36. The quantitative estimate of drug-likeness (QED) is 0.323. The van der Waals surface area contributed by atoms with E-state index >= 15 is 4.39 Å². The van der Waals surface area contributed by atoms with Gasteiger partial charge in [-0.1, -0.05) is 6.07 Å². The summed E-state index contributed by atoms with van der Waals surface area (Å²) in [7, 11) is 1.73. The minimum absolute atomic E-state index is 0.00532. The third-order valence-electron chi connectivity index (χ3n) is 3.58. The van der Waals surface area contributed by atoms with Crippen LogP contribution in [0.3, 0.4) is 0 Å². The third-order valence-corrected chi connectivity index (χ3v) is 3.58. The van der Waals surface area contributed by atoms with Gasteiger partial charge in [0.1, 0.15) is 5.92 Å². The zero-order valence-electron chi connectivity index (χ0n) is 12.8. The van der Waals surface area contributed by atoms with Gasteiger partial charge in [0.25, 0.3) is 0 Å². The largest absolute Gasteiger partial charge is 0.466 e. The highest BCUT2D eigenvalue weighted by atomic mass is 19.1. The molecular formula is C14H14FNO8. The van der Waals surface area contributed by atoms with Crippen molar-refractivity contribution in [1.29, 1.82) is 0 Å². The van der Waals surface area contributed by atoms with E-state index in [4.69, 9.17) is 9.47 Å². The normalized spacial score (nSPS) is 14.0. The number of halogens is 1. The number of methoxy groups -OCH3 is 2. The van der Waals surface area contributed by atoms with Crippen molar-refractivity contribution in [3.8, 4) is 11.5 Å². The Hall–Kier alpha value is -2.91. The molecule has 0 amide bonds. The molecule has 0 unspecified atom stereocenters. The zero-order valence-corrected chi connectivity index (χ0v) is 12.8. The number of esters is 2. The smallest absolute Gasteiger partial charge is 0.356 e. The summed E-state index contributed by atoms with van der Waals surface area (Å²) >= 11 is 0. The van der Waals surface area contributed by atoms with Gasteiger partial charge in [0.15, 0.2) is 11.5 Å². The van der Waals surface area contributed by atoms with Gasteiger partial charge in [-0.2, -0.15) is 0 Å². The lowest BCUT2D eigenvalue weighted by atomic mass is 9.83. The lowest BCUT2D eigenvalue weighted by Gasteiger charge is -2.26. The van der Waals surface area contributed by atoms with Crippen LogP contribution in [0.2, 0.25) is 0 Å². The number of fused-ring (bicyclic) bond motifs is 1. The predicted octanol–water partition coefficient (Wildman–Crippen LogP) is 0.830. The Morgan fingerprint density at radius 3 is 2.42 bits per heavy atom. The van der Waals surface area contributed by atoms with E-state index in [2.05, 4.69) is 9.47 Å². The van der Waals surface area contributed by atoms with Crippen molar-refractivity contribution in [2.75, 3.05) is 27.6 Å². The first-order valence-corrected chi connectivity index (χ1v) is 6.71. The summed E-state index contributed by atoms with van der Waals surface area (Å²) in [6.07, 6.45) is 0.